The van der Waals surface area contributed by atoms with Crippen molar-refractivity contribution in [2.75, 3.05) is 29.9 Å². The molecule has 19 heavy (non-hydrogen) atoms. The van der Waals surface area contributed by atoms with Crippen molar-refractivity contribution in [2.24, 2.45) is 0 Å². The fraction of sp³-hybridized carbons (Fsp3) is 0.625. The lowest BCUT2D eigenvalue weighted by Crippen LogP contribution is -2.36. The molecule has 2 N–H and O–H groups in total. The quantitative estimate of drug-likeness (QED) is 0.773. The highest BCUT2D eigenvalue weighted by Crippen LogP contribution is 2.28. The molecule has 0 atom stereocenters. The molecule has 3 nitrogen and oxygen atoms in total. The summed E-state index contributed by atoms with van der Waals surface area (Å²) in [5.41, 5.74) is 2.51. The highest BCUT2D eigenvalue weighted by Gasteiger charge is 2.18. The SMILES string of the molecule is CCCCCNc1ccccc1N1CCC(O)CC1. The summed E-state index contributed by atoms with van der Waals surface area (Å²) in [5.74, 6) is 0. The zero-order chi connectivity index (χ0) is 13.5. The maximum atomic E-state index is 9.60. The summed E-state index contributed by atoms with van der Waals surface area (Å²) in [5, 5.41) is 13.2. The topological polar surface area (TPSA) is 35.5 Å². The molecule has 0 aliphatic carbocycles. The van der Waals surface area contributed by atoms with Gasteiger partial charge in [0, 0.05) is 19.6 Å². The van der Waals surface area contributed by atoms with Crippen molar-refractivity contribution in [3.05, 3.63) is 24.3 Å². The van der Waals surface area contributed by atoms with E-state index in [0.717, 1.165) is 32.5 Å². The lowest BCUT2D eigenvalue weighted by molar-refractivity contribution is 0.145. The third-order valence-corrected chi connectivity index (χ3v) is 3.80. The highest BCUT2D eigenvalue weighted by atomic mass is 16.3. The Morgan fingerprint density at radius 1 is 1.21 bits per heavy atom. The van der Waals surface area contributed by atoms with Gasteiger partial charge in [-0.15, -0.1) is 0 Å². The molecule has 1 saturated heterocycles. The van der Waals surface area contributed by atoms with Crippen molar-refractivity contribution in [1.82, 2.24) is 0 Å². The van der Waals surface area contributed by atoms with Crippen LogP contribution in [-0.4, -0.2) is 30.8 Å². The van der Waals surface area contributed by atoms with Gasteiger partial charge in [-0.05, 0) is 31.4 Å². The number of aliphatic hydroxyl groups excluding tert-OH is 1. The van der Waals surface area contributed by atoms with E-state index in [1.807, 2.05) is 0 Å². The summed E-state index contributed by atoms with van der Waals surface area (Å²) in [7, 11) is 0. The van der Waals surface area contributed by atoms with Crippen LogP contribution in [0.25, 0.3) is 0 Å². The number of rotatable bonds is 6. The maximum Gasteiger partial charge on any atom is 0.0602 e. The summed E-state index contributed by atoms with van der Waals surface area (Å²) >= 11 is 0. The van der Waals surface area contributed by atoms with Gasteiger partial charge in [0.25, 0.3) is 0 Å². The number of para-hydroxylation sites is 2. The van der Waals surface area contributed by atoms with Crippen LogP contribution in [0.2, 0.25) is 0 Å². The molecule has 106 valence electrons. The molecular formula is C16H26N2O. The van der Waals surface area contributed by atoms with Crippen LogP contribution in [0.4, 0.5) is 11.4 Å². The molecule has 0 radical (unpaired) electrons. The van der Waals surface area contributed by atoms with E-state index in [1.54, 1.807) is 0 Å². The van der Waals surface area contributed by atoms with Crippen LogP contribution < -0.4 is 10.2 Å². The Morgan fingerprint density at radius 2 is 1.95 bits per heavy atom. The van der Waals surface area contributed by atoms with Crippen LogP contribution in [0.1, 0.15) is 39.0 Å². The van der Waals surface area contributed by atoms with E-state index in [2.05, 4.69) is 41.4 Å². The number of piperidine rings is 1. The summed E-state index contributed by atoms with van der Waals surface area (Å²) in [4.78, 5) is 2.38. The first-order valence-corrected chi connectivity index (χ1v) is 7.57. The van der Waals surface area contributed by atoms with Gasteiger partial charge in [0.05, 0.1) is 17.5 Å². The predicted molar refractivity (Wildman–Crippen MR) is 81.9 cm³/mol. The van der Waals surface area contributed by atoms with Gasteiger partial charge in [-0.1, -0.05) is 31.9 Å². The first-order valence-electron chi connectivity index (χ1n) is 7.57. The van der Waals surface area contributed by atoms with Gasteiger partial charge in [0.2, 0.25) is 0 Å². The molecule has 1 heterocycles. The van der Waals surface area contributed by atoms with E-state index in [-0.39, 0.29) is 6.10 Å². The van der Waals surface area contributed by atoms with Crippen molar-refractivity contribution < 1.29 is 5.11 Å². The van der Waals surface area contributed by atoms with Gasteiger partial charge in [-0.3, -0.25) is 0 Å². The first kappa shape index (κ1) is 14.2. The van der Waals surface area contributed by atoms with Crippen molar-refractivity contribution in [3.63, 3.8) is 0 Å². The molecule has 1 aromatic rings. The summed E-state index contributed by atoms with van der Waals surface area (Å²) in [6, 6.07) is 8.52. The Kier molecular flexibility index (Phi) is 5.52. The van der Waals surface area contributed by atoms with E-state index < -0.39 is 0 Å². The molecule has 1 aromatic carbocycles. The third kappa shape index (κ3) is 4.13. The molecule has 1 aliphatic heterocycles. The fourth-order valence-electron chi connectivity index (χ4n) is 2.60. The van der Waals surface area contributed by atoms with Gasteiger partial charge in [0.15, 0.2) is 0 Å². The Bertz CT molecular complexity index is 373. The highest BCUT2D eigenvalue weighted by molar-refractivity contribution is 5.70. The van der Waals surface area contributed by atoms with Crippen LogP contribution in [-0.2, 0) is 0 Å². The van der Waals surface area contributed by atoms with Crippen molar-refractivity contribution in [1.29, 1.82) is 0 Å². The Morgan fingerprint density at radius 3 is 2.68 bits per heavy atom. The number of aliphatic hydroxyl groups is 1. The number of unbranched alkanes of at least 4 members (excludes halogenated alkanes) is 2. The minimum Gasteiger partial charge on any atom is -0.393 e. The number of benzene rings is 1. The number of hydrogen-bond donors (Lipinski definition) is 2. The van der Waals surface area contributed by atoms with E-state index >= 15 is 0 Å². The second-order valence-corrected chi connectivity index (χ2v) is 5.37. The van der Waals surface area contributed by atoms with Crippen LogP contribution >= 0.6 is 0 Å². The molecule has 0 unspecified atom stereocenters. The maximum absolute atomic E-state index is 9.60. The minimum absolute atomic E-state index is 0.110. The standard InChI is InChI=1S/C16H26N2O/c1-2-3-6-11-17-15-7-4-5-8-16(15)18-12-9-14(19)10-13-18/h4-5,7-8,14,17,19H,2-3,6,9-13H2,1H3. The van der Waals surface area contributed by atoms with Crippen LogP contribution in [0.5, 0.6) is 0 Å². The minimum atomic E-state index is -0.110. The predicted octanol–water partition coefficient (Wildman–Crippen LogP) is 3.25. The molecular weight excluding hydrogens is 236 g/mol. The second kappa shape index (κ2) is 7.39. The molecule has 0 saturated carbocycles. The van der Waals surface area contributed by atoms with Gasteiger partial charge < -0.3 is 15.3 Å². The Balaban J connectivity index is 1.95. The first-order chi connectivity index (χ1) is 9.31. The average molecular weight is 262 g/mol. The molecule has 0 aromatic heterocycles. The number of hydrogen-bond acceptors (Lipinski definition) is 3. The average Bonchev–Trinajstić information content (AvgIpc) is 2.45. The molecule has 0 spiro atoms. The van der Waals surface area contributed by atoms with E-state index in [0.29, 0.717) is 0 Å². The molecule has 2 rings (SSSR count). The zero-order valence-corrected chi connectivity index (χ0v) is 11.9. The Hall–Kier alpha value is -1.22. The summed E-state index contributed by atoms with van der Waals surface area (Å²) in [6.45, 7) is 5.18. The van der Waals surface area contributed by atoms with Crippen LogP contribution in [0.15, 0.2) is 24.3 Å². The van der Waals surface area contributed by atoms with E-state index in [9.17, 15) is 5.11 Å². The van der Waals surface area contributed by atoms with Crippen molar-refractivity contribution >= 4 is 11.4 Å². The van der Waals surface area contributed by atoms with Gasteiger partial charge in [-0.2, -0.15) is 0 Å². The smallest absolute Gasteiger partial charge is 0.0602 e. The Labute approximate surface area is 116 Å². The van der Waals surface area contributed by atoms with Crippen LogP contribution in [0.3, 0.4) is 0 Å². The second-order valence-electron chi connectivity index (χ2n) is 5.37. The molecule has 1 fully saturated rings. The zero-order valence-electron chi connectivity index (χ0n) is 11.9. The van der Waals surface area contributed by atoms with Gasteiger partial charge in [0.1, 0.15) is 0 Å². The normalized spacial score (nSPS) is 16.6. The molecule has 0 amide bonds. The van der Waals surface area contributed by atoms with E-state index in [4.69, 9.17) is 0 Å². The fourth-order valence-corrected chi connectivity index (χ4v) is 2.60. The number of anilines is 2. The molecule has 0 bridgehead atoms. The summed E-state index contributed by atoms with van der Waals surface area (Å²) < 4.78 is 0. The lowest BCUT2D eigenvalue weighted by atomic mass is 10.1. The monoisotopic (exact) mass is 262 g/mol. The van der Waals surface area contributed by atoms with Gasteiger partial charge >= 0.3 is 0 Å². The molecule has 3 heteroatoms. The van der Waals surface area contributed by atoms with Gasteiger partial charge in [-0.25, -0.2) is 0 Å². The lowest BCUT2D eigenvalue weighted by Gasteiger charge is -2.33. The summed E-state index contributed by atoms with van der Waals surface area (Å²) in [6.07, 6.45) is 5.41. The van der Waals surface area contributed by atoms with Crippen molar-refractivity contribution in [3.8, 4) is 0 Å². The van der Waals surface area contributed by atoms with Crippen LogP contribution in [0, 0.1) is 0 Å². The van der Waals surface area contributed by atoms with E-state index in [1.165, 1.54) is 30.6 Å². The molecule has 1 aliphatic rings. The largest absolute Gasteiger partial charge is 0.393 e. The van der Waals surface area contributed by atoms with Crippen molar-refractivity contribution in [2.45, 2.75) is 45.1 Å². The number of nitrogens with zero attached hydrogens (tertiary/aromatic N) is 1. The number of nitrogens with one attached hydrogen (secondary N) is 1. The third-order valence-electron chi connectivity index (χ3n) is 3.80.